The van der Waals surface area contributed by atoms with Crippen LogP contribution in [0.1, 0.15) is 19.8 Å². The van der Waals surface area contributed by atoms with E-state index >= 15 is 4.39 Å². The summed E-state index contributed by atoms with van der Waals surface area (Å²) >= 11 is 6.98. The Labute approximate surface area is 161 Å². The molecular weight excluding hydrogens is 379 g/mol. The average molecular weight is 403 g/mol. The number of nitrogens with two attached hydrogens (primary N) is 2. The molecule has 0 bridgehead atoms. The average Bonchev–Trinajstić information content (AvgIpc) is 2.91. The second-order valence-electron chi connectivity index (χ2n) is 6.19. The normalized spacial score (nSPS) is 18.9. The number of allylic oxidation sites excluding steroid dienone is 1. The van der Waals surface area contributed by atoms with E-state index in [-0.39, 0.29) is 11.9 Å². The molecule has 26 heavy (non-hydrogen) atoms. The van der Waals surface area contributed by atoms with Crippen LogP contribution in [0, 0.1) is 5.92 Å². The Bertz CT molecular complexity index is 697. The van der Waals surface area contributed by atoms with Crippen LogP contribution in [0.3, 0.4) is 0 Å². The smallest absolute Gasteiger partial charge is 0.321 e. The fourth-order valence-electron chi connectivity index (χ4n) is 2.84. The molecule has 1 aliphatic rings. The van der Waals surface area contributed by atoms with Crippen molar-refractivity contribution in [2.75, 3.05) is 13.1 Å². The van der Waals surface area contributed by atoms with Crippen molar-refractivity contribution in [1.82, 2.24) is 20.0 Å². The van der Waals surface area contributed by atoms with Gasteiger partial charge in [0, 0.05) is 38.3 Å². The fraction of sp³-hybridized carbons (Fsp3) is 0.500. The first-order valence-corrected chi connectivity index (χ1v) is 9.40. The highest BCUT2D eigenvalue weighted by Gasteiger charge is 2.39. The number of aromatic nitrogens is 2. The van der Waals surface area contributed by atoms with Gasteiger partial charge in [0.1, 0.15) is 0 Å². The molecule has 0 spiro atoms. The molecule has 1 unspecified atom stereocenters. The lowest BCUT2D eigenvalue weighted by Crippen LogP contribution is -2.46. The van der Waals surface area contributed by atoms with Gasteiger partial charge in [-0.2, -0.15) is 5.10 Å². The summed E-state index contributed by atoms with van der Waals surface area (Å²) in [5.74, 6) is -0.182. The van der Waals surface area contributed by atoms with Crippen molar-refractivity contribution < 1.29 is 9.18 Å². The monoisotopic (exact) mass is 402 g/mol. The summed E-state index contributed by atoms with van der Waals surface area (Å²) in [6, 6.07) is 1.38. The van der Waals surface area contributed by atoms with Crippen LogP contribution in [0.5, 0.6) is 0 Å². The number of rotatable bonds is 5. The van der Waals surface area contributed by atoms with E-state index in [0.29, 0.717) is 41.8 Å². The highest BCUT2D eigenvalue weighted by atomic mass is 35.5. The number of urea groups is 1. The summed E-state index contributed by atoms with van der Waals surface area (Å²) in [7, 11) is 1.73. The zero-order valence-electron chi connectivity index (χ0n) is 14.8. The predicted molar refractivity (Wildman–Crippen MR) is 102 cm³/mol. The lowest BCUT2D eigenvalue weighted by molar-refractivity contribution is 0.120. The van der Waals surface area contributed by atoms with Gasteiger partial charge in [-0.1, -0.05) is 23.4 Å². The Morgan fingerprint density at radius 3 is 2.65 bits per heavy atom. The first kappa shape index (κ1) is 20.4. The van der Waals surface area contributed by atoms with Crippen molar-refractivity contribution in [2.45, 2.75) is 29.8 Å². The largest absolute Gasteiger partial charge is 0.405 e. The highest BCUT2D eigenvalue weighted by molar-refractivity contribution is 8.00. The topological polar surface area (TPSA) is 102 Å². The van der Waals surface area contributed by atoms with Crippen LogP contribution in [0.4, 0.5) is 9.18 Å². The molecule has 5 N–H and O–H groups in total. The van der Waals surface area contributed by atoms with Gasteiger partial charge in [0.2, 0.25) is 0 Å². The molecule has 2 heterocycles. The van der Waals surface area contributed by atoms with Gasteiger partial charge >= 0.3 is 6.03 Å². The van der Waals surface area contributed by atoms with Crippen molar-refractivity contribution in [3.63, 3.8) is 0 Å². The van der Waals surface area contributed by atoms with E-state index < -0.39 is 5.00 Å². The van der Waals surface area contributed by atoms with E-state index in [0.717, 1.165) is 11.8 Å². The summed E-state index contributed by atoms with van der Waals surface area (Å²) in [5, 5.41) is 6.23. The van der Waals surface area contributed by atoms with E-state index in [9.17, 15) is 4.79 Å². The molecule has 0 saturated carbocycles. The maximum atomic E-state index is 15.3. The van der Waals surface area contributed by atoms with Crippen molar-refractivity contribution in [3.05, 3.63) is 35.4 Å². The maximum absolute atomic E-state index is 15.3. The minimum atomic E-state index is -1.48. The van der Waals surface area contributed by atoms with Crippen molar-refractivity contribution in [2.24, 2.45) is 24.4 Å². The minimum absolute atomic E-state index is 0.182. The Morgan fingerprint density at radius 2 is 2.15 bits per heavy atom. The lowest BCUT2D eigenvalue weighted by Gasteiger charge is -2.37. The van der Waals surface area contributed by atoms with Crippen LogP contribution in [0.2, 0.25) is 5.15 Å². The number of nitrogens with one attached hydrogen (secondary N) is 1. The molecular formula is C16H24ClFN6OS. The SMILES string of the molecule is Cn1nc(Cl)cc1SC(C)(F)C1CCN(C(=O)NC(/C=C\N)=C/N)CC1. The number of thioether (sulfide) groups is 1. The van der Waals surface area contributed by atoms with Crippen molar-refractivity contribution in [3.8, 4) is 0 Å². The van der Waals surface area contributed by atoms with Gasteiger partial charge in [0.15, 0.2) is 10.2 Å². The van der Waals surface area contributed by atoms with E-state index in [2.05, 4.69) is 10.4 Å². The molecule has 0 aromatic carbocycles. The molecule has 1 fully saturated rings. The molecule has 2 amide bonds. The van der Waals surface area contributed by atoms with E-state index in [1.807, 2.05) is 0 Å². The second-order valence-corrected chi connectivity index (χ2v) is 8.00. The summed E-state index contributed by atoms with van der Waals surface area (Å²) < 4.78 is 16.8. The molecule has 1 saturated heterocycles. The number of likely N-dealkylation sites (tertiary alicyclic amines) is 1. The molecule has 2 rings (SSSR count). The number of alkyl halides is 1. The quantitative estimate of drug-likeness (QED) is 0.518. The number of carbonyl (C=O) groups is 1. The molecule has 1 aromatic rings. The summed E-state index contributed by atoms with van der Waals surface area (Å²) in [6.07, 6.45) is 5.18. The zero-order valence-corrected chi connectivity index (χ0v) is 16.4. The van der Waals surface area contributed by atoms with Crippen molar-refractivity contribution >= 4 is 29.4 Å². The van der Waals surface area contributed by atoms with Crippen LogP contribution in [0.15, 0.2) is 35.3 Å². The Balaban J connectivity index is 1.92. The first-order valence-electron chi connectivity index (χ1n) is 8.20. The standard InChI is InChI=1S/C16H24ClFN6OS/c1-16(18,26-14-9-13(17)22-23(14)2)11-4-7-24(8-5-11)15(25)21-12(10-20)3-6-19/h3,6,9-11H,4-5,7-8,19-20H2,1-2H3,(H,21,25)/b6-3-,12-10+. The number of piperidine rings is 1. The molecule has 1 atom stereocenters. The highest BCUT2D eigenvalue weighted by Crippen LogP contribution is 2.44. The third kappa shape index (κ3) is 5.07. The third-order valence-corrected chi connectivity index (χ3v) is 5.84. The van der Waals surface area contributed by atoms with Gasteiger partial charge in [-0.3, -0.25) is 4.68 Å². The molecule has 0 aliphatic carbocycles. The number of halogens is 2. The molecule has 7 nitrogen and oxygen atoms in total. The molecule has 1 aromatic heterocycles. The van der Waals surface area contributed by atoms with Crippen LogP contribution in [0.25, 0.3) is 0 Å². The van der Waals surface area contributed by atoms with Gasteiger partial charge in [0.05, 0.1) is 10.7 Å². The number of nitrogens with zero attached hydrogens (tertiary/aromatic N) is 3. The predicted octanol–water partition coefficient (Wildman–Crippen LogP) is 2.55. The van der Waals surface area contributed by atoms with Gasteiger partial charge in [-0.05, 0) is 32.0 Å². The lowest BCUT2D eigenvalue weighted by atomic mass is 9.92. The van der Waals surface area contributed by atoms with Crippen LogP contribution in [-0.4, -0.2) is 38.8 Å². The Morgan fingerprint density at radius 1 is 1.50 bits per heavy atom. The Hall–Kier alpha value is -1.87. The van der Waals surface area contributed by atoms with Crippen LogP contribution in [-0.2, 0) is 7.05 Å². The van der Waals surface area contributed by atoms with E-state index in [1.54, 1.807) is 29.6 Å². The second kappa shape index (κ2) is 8.68. The number of hydrogen-bond donors (Lipinski definition) is 3. The summed E-state index contributed by atoms with van der Waals surface area (Å²) in [4.78, 5) is 13.9. The molecule has 0 radical (unpaired) electrons. The molecule has 1 aliphatic heterocycles. The first-order chi connectivity index (χ1) is 12.3. The number of carbonyl (C=O) groups excluding carboxylic acids is 1. The van der Waals surface area contributed by atoms with Crippen LogP contribution < -0.4 is 16.8 Å². The maximum Gasteiger partial charge on any atom is 0.321 e. The molecule has 10 heteroatoms. The van der Waals surface area contributed by atoms with Crippen molar-refractivity contribution in [1.29, 1.82) is 0 Å². The van der Waals surface area contributed by atoms with Crippen LogP contribution >= 0.6 is 23.4 Å². The number of hydrogen-bond acceptors (Lipinski definition) is 5. The fourth-order valence-corrected chi connectivity index (χ4v) is 4.28. The Kier molecular flexibility index (Phi) is 6.82. The zero-order chi connectivity index (χ0) is 19.3. The van der Waals surface area contributed by atoms with Gasteiger partial charge in [-0.15, -0.1) is 0 Å². The number of amides is 2. The third-order valence-electron chi connectivity index (χ3n) is 4.33. The molecule has 144 valence electrons. The minimum Gasteiger partial charge on any atom is -0.405 e. The summed E-state index contributed by atoms with van der Waals surface area (Å²) in [5.41, 5.74) is 11.1. The van der Waals surface area contributed by atoms with E-state index in [4.69, 9.17) is 23.1 Å². The van der Waals surface area contributed by atoms with Gasteiger partial charge in [0.25, 0.3) is 0 Å². The summed E-state index contributed by atoms with van der Waals surface area (Å²) in [6.45, 7) is 2.50. The van der Waals surface area contributed by atoms with E-state index in [1.165, 1.54) is 18.5 Å². The van der Waals surface area contributed by atoms with Gasteiger partial charge in [-0.25, -0.2) is 9.18 Å². The number of aryl methyl sites for hydroxylation is 1. The van der Waals surface area contributed by atoms with Gasteiger partial charge < -0.3 is 21.7 Å².